The number of fused-ring (bicyclic) bond motifs is 1. The number of hydrogen-bond donors (Lipinski definition) is 1. The first-order valence-electron chi connectivity index (χ1n) is 6.71. The van der Waals surface area contributed by atoms with E-state index < -0.39 is 10.0 Å². The van der Waals surface area contributed by atoms with E-state index in [1.165, 1.54) is 4.31 Å². The Morgan fingerprint density at radius 1 is 1.25 bits per heavy atom. The van der Waals surface area contributed by atoms with Gasteiger partial charge in [0.25, 0.3) is 0 Å². The van der Waals surface area contributed by atoms with Gasteiger partial charge in [-0.1, -0.05) is 0 Å². The minimum absolute atomic E-state index is 0.249. The number of sulfonamides is 1. The summed E-state index contributed by atoms with van der Waals surface area (Å²) in [6.45, 7) is 2.47. The largest absolute Gasteiger partial charge is 0.486 e. The lowest BCUT2D eigenvalue weighted by atomic mass is 10.1. The normalized spacial score (nSPS) is 22.9. The minimum atomic E-state index is -3.47. The molecule has 0 amide bonds. The first kappa shape index (κ1) is 13.7. The van der Waals surface area contributed by atoms with Crippen molar-refractivity contribution >= 4 is 10.0 Å². The number of ether oxygens (including phenoxy) is 2. The second kappa shape index (κ2) is 5.23. The maximum atomic E-state index is 12.6. The summed E-state index contributed by atoms with van der Waals surface area (Å²) in [4.78, 5) is 0.249. The summed E-state index contributed by atoms with van der Waals surface area (Å²) in [5.41, 5.74) is 5.61. The molecular formula is C13H18N2O4S. The second-order valence-corrected chi connectivity index (χ2v) is 7.00. The fourth-order valence-electron chi connectivity index (χ4n) is 2.54. The van der Waals surface area contributed by atoms with Gasteiger partial charge in [0.1, 0.15) is 13.2 Å². The van der Waals surface area contributed by atoms with Crippen LogP contribution in [0, 0.1) is 5.92 Å². The van der Waals surface area contributed by atoms with E-state index in [0.29, 0.717) is 44.3 Å². The predicted molar refractivity (Wildman–Crippen MR) is 73.4 cm³/mol. The van der Waals surface area contributed by atoms with Crippen LogP contribution in [0.4, 0.5) is 0 Å². The quantitative estimate of drug-likeness (QED) is 0.875. The van der Waals surface area contributed by atoms with E-state index in [4.69, 9.17) is 15.2 Å². The van der Waals surface area contributed by atoms with Gasteiger partial charge < -0.3 is 15.2 Å². The number of hydrogen-bond acceptors (Lipinski definition) is 5. The van der Waals surface area contributed by atoms with Gasteiger partial charge in [0.2, 0.25) is 10.0 Å². The maximum absolute atomic E-state index is 12.6. The Kier molecular flexibility index (Phi) is 3.57. The van der Waals surface area contributed by atoms with Gasteiger partial charge in [-0.2, -0.15) is 4.31 Å². The average Bonchev–Trinajstić information content (AvgIpc) is 2.96. The summed E-state index contributed by atoms with van der Waals surface area (Å²) >= 11 is 0. The van der Waals surface area contributed by atoms with Crippen molar-refractivity contribution in [1.29, 1.82) is 0 Å². The fraction of sp³-hybridized carbons (Fsp3) is 0.538. The predicted octanol–water partition coefficient (Wildman–Crippen LogP) is 0.427. The monoisotopic (exact) mass is 298 g/mol. The molecule has 0 spiro atoms. The van der Waals surface area contributed by atoms with E-state index >= 15 is 0 Å². The molecule has 1 unspecified atom stereocenters. The molecule has 6 nitrogen and oxygen atoms in total. The molecule has 1 saturated heterocycles. The summed E-state index contributed by atoms with van der Waals surface area (Å²) in [7, 11) is -3.47. The molecule has 0 bridgehead atoms. The fourth-order valence-corrected chi connectivity index (χ4v) is 4.09. The zero-order chi connectivity index (χ0) is 14.2. The molecule has 1 atom stereocenters. The van der Waals surface area contributed by atoms with Crippen molar-refractivity contribution in [3.63, 3.8) is 0 Å². The molecule has 0 aliphatic carbocycles. The third kappa shape index (κ3) is 2.36. The first-order valence-corrected chi connectivity index (χ1v) is 8.15. The number of nitrogens with zero attached hydrogens (tertiary/aromatic N) is 1. The molecule has 7 heteroatoms. The van der Waals surface area contributed by atoms with Crippen molar-refractivity contribution in [3.8, 4) is 11.5 Å². The van der Waals surface area contributed by atoms with Crippen LogP contribution in [-0.4, -0.2) is 45.6 Å². The molecule has 1 aromatic rings. The Morgan fingerprint density at radius 2 is 2.00 bits per heavy atom. The summed E-state index contributed by atoms with van der Waals surface area (Å²) in [6, 6.07) is 4.76. The van der Waals surface area contributed by atoms with E-state index in [9.17, 15) is 8.42 Å². The number of benzene rings is 1. The van der Waals surface area contributed by atoms with Crippen LogP contribution in [0.25, 0.3) is 0 Å². The van der Waals surface area contributed by atoms with Crippen LogP contribution in [-0.2, 0) is 10.0 Å². The van der Waals surface area contributed by atoms with Gasteiger partial charge in [-0.3, -0.25) is 0 Å². The molecule has 2 aliphatic rings. The minimum Gasteiger partial charge on any atom is -0.486 e. The zero-order valence-electron chi connectivity index (χ0n) is 11.1. The van der Waals surface area contributed by atoms with E-state index in [-0.39, 0.29) is 10.8 Å². The van der Waals surface area contributed by atoms with E-state index in [0.717, 1.165) is 6.42 Å². The van der Waals surface area contributed by atoms with E-state index in [1.54, 1.807) is 18.2 Å². The van der Waals surface area contributed by atoms with Crippen molar-refractivity contribution < 1.29 is 17.9 Å². The van der Waals surface area contributed by atoms with Gasteiger partial charge in [-0.05, 0) is 31.0 Å². The summed E-state index contributed by atoms with van der Waals surface area (Å²) < 4.78 is 37.5. The van der Waals surface area contributed by atoms with Crippen molar-refractivity contribution in [2.45, 2.75) is 11.3 Å². The second-order valence-electron chi connectivity index (χ2n) is 5.06. The molecule has 3 rings (SSSR count). The molecule has 0 aromatic heterocycles. The summed E-state index contributed by atoms with van der Waals surface area (Å²) in [5.74, 6) is 1.34. The smallest absolute Gasteiger partial charge is 0.243 e. The van der Waals surface area contributed by atoms with Crippen LogP contribution in [0.3, 0.4) is 0 Å². The highest BCUT2D eigenvalue weighted by atomic mass is 32.2. The molecule has 0 radical (unpaired) electrons. The Balaban J connectivity index is 1.88. The molecule has 1 aromatic carbocycles. The molecule has 110 valence electrons. The first-order chi connectivity index (χ1) is 9.61. The van der Waals surface area contributed by atoms with Crippen LogP contribution in [0.1, 0.15) is 6.42 Å². The summed E-state index contributed by atoms with van der Waals surface area (Å²) in [6.07, 6.45) is 0.820. The highest BCUT2D eigenvalue weighted by Crippen LogP contribution is 2.34. The van der Waals surface area contributed by atoms with Crippen molar-refractivity contribution in [3.05, 3.63) is 18.2 Å². The SMILES string of the molecule is NCC1CCN(S(=O)(=O)c2ccc3c(c2)OCCO3)C1. The molecule has 2 aliphatic heterocycles. The van der Waals surface area contributed by atoms with Gasteiger partial charge in [-0.15, -0.1) is 0 Å². The lowest BCUT2D eigenvalue weighted by Crippen LogP contribution is -2.30. The number of nitrogens with two attached hydrogens (primary N) is 1. The van der Waals surface area contributed by atoms with Crippen LogP contribution in [0.15, 0.2) is 23.1 Å². The Morgan fingerprint density at radius 3 is 2.70 bits per heavy atom. The standard InChI is InChI=1S/C13H18N2O4S/c14-8-10-3-4-15(9-10)20(16,17)11-1-2-12-13(7-11)19-6-5-18-12/h1-2,7,10H,3-6,8-9,14H2. The van der Waals surface area contributed by atoms with Crippen molar-refractivity contribution in [1.82, 2.24) is 4.31 Å². The lowest BCUT2D eigenvalue weighted by Gasteiger charge is -2.21. The molecular weight excluding hydrogens is 280 g/mol. The third-order valence-corrected chi connectivity index (χ3v) is 5.59. The summed E-state index contributed by atoms with van der Waals surface area (Å²) in [5, 5.41) is 0. The molecule has 1 fully saturated rings. The Labute approximate surface area is 118 Å². The van der Waals surface area contributed by atoms with Gasteiger partial charge >= 0.3 is 0 Å². The maximum Gasteiger partial charge on any atom is 0.243 e. The van der Waals surface area contributed by atoms with Crippen LogP contribution >= 0.6 is 0 Å². The lowest BCUT2D eigenvalue weighted by molar-refractivity contribution is 0.171. The molecule has 20 heavy (non-hydrogen) atoms. The van der Waals surface area contributed by atoms with E-state index in [2.05, 4.69) is 0 Å². The molecule has 2 N–H and O–H groups in total. The van der Waals surface area contributed by atoms with Gasteiger partial charge in [0.05, 0.1) is 4.90 Å². The van der Waals surface area contributed by atoms with Gasteiger partial charge in [0.15, 0.2) is 11.5 Å². The van der Waals surface area contributed by atoms with Gasteiger partial charge in [0, 0.05) is 19.2 Å². The highest BCUT2D eigenvalue weighted by Gasteiger charge is 2.32. The highest BCUT2D eigenvalue weighted by molar-refractivity contribution is 7.89. The Hall–Kier alpha value is -1.31. The molecule has 0 saturated carbocycles. The van der Waals surface area contributed by atoms with Crippen LogP contribution in [0.2, 0.25) is 0 Å². The zero-order valence-corrected chi connectivity index (χ0v) is 11.9. The van der Waals surface area contributed by atoms with Crippen LogP contribution < -0.4 is 15.2 Å². The Bertz CT molecular complexity index is 602. The van der Waals surface area contributed by atoms with E-state index in [1.807, 2.05) is 0 Å². The van der Waals surface area contributed by atoms with Crippen molar-refractivity contribution in [2.75, 3.05) is 32.8 Å². The third-order valence-electron chi connectivity index (χ3n) is 3.73. The van der Waals surface area contributed by atoms with Crippen molar-refractivity contribution in [2.24, 2.45) is 11.7 Å². The van der Waals surface area contributed by atoms with Gasteiger partial charge in [-0.25, -0.2) is 8.42 Å². The average molecular weight is 298 g/mol. The molecule has 2 heterocycles. The number of rotatable bonds is 3. The van der Waals surface area contributed by atoms with Crippen LogP contribution in [0.5, 0.6) is 11.5 Å². The topological polar surface area (TPSA) is 81.9 Å².